The molecule has 0 rings (SSSR count). The van der Waals surface area contributed by atoms with Gasteiger partial charge in [-0.15, -0.1) is 0 Å². The summed E-state index contributed by atoms with van der Waals surface area (Å²) >= 11 is 0. The van der Waals surface area contributed by atoms with Crippen molar-refractivity contribution in [2.75, 3.05) is 13.2 Å². The van der Waals surface area contributed by atoms with Crippen LogP contribution in [0.25, 0.3) is 0 Å². The molecule has 63 heavy (non-hydrogen) atoms. The van der Waals surface area contributed by atoms with E-state index in [1.807, 2.05) is 54.7 Å². The van der Waals surface area contributed by atoms with Crippen LogP contribution in [0, 0.1) is 0 Å². The first kappa shape index (κ1) is 58.6. The average Bonchev–Trinajstić information content (AvgIpc) is 3.28. The zero-order valence-corrected chi connectivity index (χ0v) is 40.0. The summed E-state index contributed by atoms with van der Waals surface area (Å²) in [6, 6.07) is 0. The Morgan fingerprint density at radius 1 is 0.349 bits per heavy atom. The first-order valence-electron chi connectivity index (χ1n) is 24.8. The summed E-state index contributed by atoms with van der Waals surface area (Å²) in [5.41, 5.74) is 0. The Bertz CT molecular complexity index is 1420. The Labute approximate surface area is 385 Å². The van der Waals surface area contributed by atoms with E-state index in [1.54, 1.807) is 0 Å². The summed E-state index contributed by atoms with van der Waals surface area (Å²) < 4.78 is 16.7. The van der Waals surface area contributed by atoms with Crippen LogP contribution in [0.3, 0.4) is 0 Å². The molecule has 0 spiro atoms. The summed E-state index contributed by atoms with van der Waals surface area (Å²) in [7, 11) is 0. The van der Waals surface area contributed by atoms with Crippen molar-refractivity contribution in [2.24, 2.45) is 0 Å². The van der Waals surface area contributed by atoms with Crippen LogP contribution in [0.1, 0.15) is 188 Å². The van der Waals surface area contributed by atoms with Gasteiger partial charge in [-0.05, 0) is 83.5 Å². The predicted octanol–water partition coefficient (Wildman–Crippen LogP) is 16.3. The zero-order chi connectivity index (χ0) is 45.8. The van der Waals surface area contributed by atoms with Crippen LogP contribution in [0.5, 0.6) is 0 Å². The van der Waals surface area contributed by atoms with Crippen molar-refractivity contribution in [3.05, 3.63) is 134 Å². The second-order valence-corrected chi connectivity index (χ2v) is 15.8. The standard InChI is InChI=1S/C57H88O6/c1-4-7-10-13-16-19-22-25-27-28-29-30-33-35-38-41-44-47-50-56(59)62-53-54(52-61-55(58)49-46-43-40-37-34-31-24-21-18-15-12-9-6-3)63-57(60)51-48-45-42-39-36-32-26-23-20-17-14-11-8-5-2/h8-9,11-12,15-22,24-25,27-31,34,37,40,54H,4-7,10,13-14,23,26,32-33,35-36,38-39,41-53H2,1-3H3/b11-8-,12-9-,18-15-,19-16-,20-17-,24-21-,25-22-,28-27-,30-29-,34-31-,40-37-. The van der Waals surface area contributed by atoms with Crippen LogP contribution in [0.15, 0.2) is 134 Å². The Morgan fingerprint density at radius 3 is 1.21 bits per heavy atom. The lowest BCUT2D eigenvalue weighted by atomic mass is 10.1. The third-order valence-corrected chi connectivity index (χ3v) is 9.84. The highest BCUT2D eigenvalue weighted by Gasteiger charge is 2.19. The predicted molar refractivity (Wildman–Crippen MR) is 269 cm³/mol. The normalized spacial score (nSPS) is 13.3. The van der Waals surface area contributed by atoms with Gasteiger partial charge in [0.05, 0.1) is 0 Å². The van der Waals surface area contributed by atoms with Crippen molar-refractivity contribution < 1.29 is 28.6 Å². The van der Waals surface area contributed by atoms with E-state index in [-0.39, 0.29) is 37.5 Å². The van der Waals surface area contributed by atoms with Crippen LogP contribution in [-0.4, -0.2) is 37.2 Å². The number of unbranched alkanes of at least 4 members (excludes halogenated alkanes) is 16. The molecule has 0 aromatic carbocycles. The number of carbonyl (C=O) groups is 3. The molecule has 0 aliphatic rings. The van der Waals surface area contributed by atoms with Crippen molar-refractivity contribution in [1.29, 1.82) is 0 Å². The van der Waals surface area contributed by atoms with Crippen molar-refractivity contribution in [3.8, 4) is 0 Å². The first-order valence-corrected chi connectivity index (χ1v) is 24.8. The van der Waals surface area contributed by atoms with Gasteiger partial charge in [0.15, 0.2) is 6.10 Å². The van der Waals surface area contributed by atoms with Crippen LogP contribution in [-0.2, 0) is 28.6 Å². The molecule has 6 heteroatoms. The van der Waals surface area contributed by atoms with E-state index < -0.39 is 6.10 Å². The maximum Gasteiger partial charge on any atom is 0.306 e. The van der Waals surface area contributed by atoms with Crippen molar-refractivity contribution in [2.45, 2.75) is 194 Å². The molecule has 0 aromatic heterocycles. The summed E-state index contributed by atoms with van der Waals surface area (Å²) in [5.74, 6) is -1.04. The number of hydrogen-bond donors (Lipinski definition) is 0. The number of ether oxygens (including phenoxy) is 3. The fourth-order valence-corrected chi connectivity index (χ4v) is 6.17. The second-order valence-electron chi connectivity index (χ2n) is 15.8. The molecule has 0 heterocycles. The minimum Gasteiger partial charge on any atom is -0.462 e. The highest BCUT2D eigenvalue weighted by molar-refractivity contribution is 5.71. The van der Waals surface area contributed by atoms with E-state index in [1.165, 1.54) is 38.5 Å². The monoisotopic (exact) mass is 869 g/mol. The number of esters is 3. The summed E-state index contributed by atoms with van der Waals surface area (Å²) in [5, 5.41) is 0. The van der Waals surface area contributed by atoms with Gasteiger partial charge in [0.25, 0.3) is 0 Å². The molecule has 352 valence electrons. The molecule has 0 fully saturated rings. The van der Waals surface area contributed by atoms with Crippen LogP contribution < -0.4 is 0 Å². The lowest BCUT2D eigenvalue weighted by Crippen LogP contribution is -2.30. The van der Waals surface area contributed by atoms with E-state index in [2.05, 4.69) is 99.8 Å². The van der Waals surface area contributed by atoms with Gasteiger partial charge in [0, 0.05) is 19.3 Å². The summed E-state index contributed by atoms with van der Waals surface area (Å²) in [6.45, 7) is 6.23. The molecule has 0 saturated heterocycles. The lowest BCUT2D eigenvalue weighted by molar-refractivity contribution is -0.167. The molecule has 0 radical (unpaired) electrons. The zero-order valence-electron chi connectivity index (χ0n) is 40.0. The van der Waals surface area contributed by atoms with E-state index in [0.717, 1.165) is 103 Å². The fourth-order valence-electron chi connectivity index (χ4n) is 6.17. The van der Waals surface area contributed by atoms with Crippen molar-refractivity contribution in [1.82, 2.24) is 0 Å². The molecule has 6 nitrogen and oxygen atoms in total. The molecule has 0 aliphatic carbocycles. The molecule has 0 aromatic rings. The third kappa shape index (κ3) is 48.4. The van der Waals surface area contributed by atoms with Gasteiger partial charge in [-0.25, -0.2) is 0 Å². The third-order valence-electron chi connectivity index (χ3n) is 9.84. The van der Waals surface area contributed by atoms with E-state index in [0.29, 0.717) is 19.3 Å². The minimum atomic E-state index is -0.825. The highest BCUT2D eigenvalue weighted by Crippen LogP contribution is 2.13. The van der Waals surface area contributed by atoms with Crippen molar-refractivity contribution in [3.63, 3.8) is 0 Å². The van der Waals surface area contributed by atoms with Crippen LogP contribution in [0.4, 0.5) is 0 Å². The molecular formula is C57H88O6. The van der Waals surface area contributed by atoms with E-state index in [9.17, 15) is 14.4 Å². The molecule has 0 bridgehead atoms. The fraction of sp³-hybridized carbons (Fsp3) is 0.561. The molecule has 1 atom stereocenters. The number of rotatable bonds is 42. The lowest BCUT2D eigenvalue weighted by Gasteiger charge is -2.18. The molecule has 0 saturated carbocycles. The Balaban J connectivity index is 4.56. The van der Waals surface area contributed by atoms with Crippen molar-refractivity contribution >= 4 is 17.9 Å². The maximum absolute atomic E-state index is 12.8. The Morgan fingerprint density at radius 2 is 0.714 bits per heavy atom. The molecule has 0 N–H and O–H groups in total. The summed E-state index contributed by atoms with van der Waals surface area (Å²) in [6.07, 6.45) is 70.1. The summed E-state index contributed by atoms with van der Waals surface area (Å²) in [4.78, 5) is 37.9. The topological polar surface area (TPSA) is 78.9 Å². The molecule has 0 aliphatic heterocycles. The van der Waals surface area contributed by atoms with Gasteiger partial charge in [-0.2, -0.15) is 0 Å². The van der Waals surface area contributed by atoms with Gasteiger partial charge in [0.2, 0.25) is 0 Å². The molecule has 0 amide bonds. The minimum absolute atomic E-state index is 0.121. The molecular weight excluding hydrogens is 781 g/mol. The number of carbonyl (C=O) groups excluding carboxylic acids is 3. The van der Waals surface area contributed by atoms with Gasteiger partial charge in [0.1, 0.15) is 13.2 Å². The van der Waals surface area contributed by atoms with Gasteiger partial charge >= 0.3 is 17.9 Å². The second kappa shape index (κ2) is 50.2. The quantitative estimate of drug-likeness (QED) is 0.0200. The molecule has 1 unspecified atom stereocenters. The van der Waals surface area contributed by atoms with Gasteiger partial charge < -0.3 is 14.2 Å². The maximum atomic E-state index is 12.8. The average molecular weight is 869 g/mol. The van der Waals surface area contributed by atoms with E-state index in [4.69, 9.17) is 14.2 Å². The SMILES string of the molecule is CC\C=C/C=C\C=C/C=C\C=C/CCCC(=O)OCC(COC(=O)CCCCCCC\C=C/C=C\C=C/C=C\CCCCC)OC(=O)CCCCCCCCC/C=C\C/C=C\CC. The Hall–Kier alpha value is -4.45. The van der Waals surface area contributed by atoms with Gasteiger partial charge in [-0.1, -0.05) is 219 Å². The van der Waals surface area contributed by atoms with E-state index >= 15 is 0 Å². The van der Waals surface area contributed by atoms with Crippen LogP contribution >= 0.6 is 0 Å². The number of hydrogen-bond acceptors (Lipinski definition) is 6. The smallest absolute Gasteiger partial charge is 0.306 e. The van der Waals surface area contributed by atoms with Gasteiger partial charge in [-0.3, -0.25) is 14.4 Å². The highest BCUT2D eigenvalue weighted by atomic mass is 16.6. The largest absolute Gasteiger partial charge is 0.462 e. The first-order chi connectivity index (χ1) is 31.0. The van der Waals surface area contributed by atoms with Crippen LogP contribution in [0.2, 0.25) is 0 Å². The Kier molecular flexibility index (Phi) is 46.7. The number of allylic oxidation sites excluding steroid dienone is 22.